The van der Waals surface area contributed by atoms with Crippen LogP contribution in [0, 0.1) is 0 Å². The molecule has 2 aromatic carbocycles. The molecule has 0 atom stereocenters. The number of hydrogen-bond acceptors (Lipinski definition) is 6. The van der Waals surface area contributed by atoms with Gasteiger partial charge in [0.1, 0.15) is 10.8 Å². The van der Waals surface area contributed by atoms with Crippen LogP contribution in [-0.2, 0) is 16.0 Å². The quantitative estimate of drug-likeness (QED) is 0.536. The van der Waals surface area contributed by atoms with Crippen molar-refractivity contribution < 1.29 is 19.4 Å². The molecule has 7 nitrogen and oxygen atoms in total. The molecule has 2 amide bonds. The normalized spacial score (nSPS) is 10.6. The van der Waals surface area contributed by atoms with E-state index in [4.69, 9.17) is 9.84 Å². The van der Waals surface area contributed by atoms with E-state index in [0.717, 1.165) is 27.1 Å². The van der Waals surface area contributed by atoms with Crippen LogP contribution in [0.25, 0.3) is 21.3 Å². The molecule has 0 saturated carbocycles. The van der Waals surface area contributed by atoms with Gasteiger partial charge in [-0.05, 0) is 11.6 Å². The number of methoxy groups -OCH3 is 1. The number of aliphatic hydroxyl groups is 1. The predicted molar refractivity (Wildman–Crippen MR) is 108 cm³/mol. The summed E-state index contributed by atoms with van der Waals surface area (Å²) < 4.78 is 6.48. The van der Waals surface area contributed by atoms with Gasteiger partial charge in [0.25, 0.3) is 0 Å². The first-order chi connectivity index (χ1) is 13.6. The van der Waals surface area contributed by atoms with E-state index in [0.29, 0.717) is 5.01 Å². The van der Waals surface area contributed by atoms with Gasteiger partial charge in [0.2, 0.25) is 11.8 Å². The third-order valence-electron chi connectivity index (χ3n) is 4.03. The zero-order valence-corrected chi connectivity index (χ0v) is 16.2. The van der Waals surface area contributed by atoms with Gasteiger partial charge in [-0.2, -0.15) is 0 Å². The van der Waals surface area contributed by atoms with Crippen molar-refractivity contribution in [2.24, 2.45) is 0 Å². The Hall–Kier alpha value is -2.97. The summed E-state index contributed by atoms with van der Waals surface area (Å²) in [4.78, 5) is 28.1. The predicted octanol–water partition coefficient (Wildman–Crippen LogP) is 1.74. The van der Waals surface area contributed by atoms with E-state index >= 15 is 0 Å². The summed E-state index contributed by atoms with van der Waals surface area (Å²) in [5.41, 5.74) is 2.78. The average molecular weight is 399 g/mol. The minimum absolute atomic E-state index is 0.0929. The fourth-order valence-corrected chi connectivity index (χ4v) is 3.71. The lowest BCUT2D eigenvalue weighted by Crippen LogP contribution is -2.38. The molecule has 1 heterocycles. The Morgan fingerprint density at radius 3 is 2.64 bits per heavy atom. The molecule has 0 aliphatic heterocycles. The van der Waals surface area contributed by atoms with E-state index in [1.54, 1.807) is 7.11 Å². The highest BCUT2D eigenvalue weighted by molar-refractivity contribution is 7.18. The van der Waals surface area contributed by atoms with Crippen LogP contribution in [0.4, 0.5) is 0 Å². The van der Waals surface area contributed by atoms with Gasteiger partial charge in [-0.1, -0.05) is 30.3 Å². The average Bonchev–Trinajstić information content (AvgIpc) is 3.11. The van der Waals surface area contributed by atoms with Crippen molar-refractivity contribution in [3.63, 3.8) is 0 Å². The van der Waals surface area contributed by atoms with Crippen LogP contribution in [-0.4, -0.2) is 48.7 Å². The number of aromatic nitrogens is 1. The fraction of sp³-hybridized carbons (Fsp3) is 0.250. The summed E-state index contributed by atoms with van der Waals surface area (Å²) >= 11 is 1.44. The van der Waals surface area contributed by atoms with Gasteiger partial charge in [-0.25, -0.2) is 4.98 Å². The maximum atomic E-state index is 12.1. The van der Waals surface area contributed by atoms with Crippen molar-refractivity contribution in [3.05, 3.63) is 47.5 Å². The number of carbonyl (C=O) groups is 2. The Bertz CT molecular complexity index is 972. The third-order valence-corrected chi connectivity index (χ3v) is 5.05. The van der Waals surface area contributed by atoms with Crippen LogP contribution in [0.3, 0.4) is 0 Å². The number of rotatable bonds is 8. The highest BCUT2D eigenvalue weighted by Crippen LogP contribution is 2.36. The van der Waals surface area contributed by atoms with Crippen LogP contribution in [0.2, 0.25) is 0 Å². The Kier molecular flexibility index (Phi) is 6.57. The summed E-state index contributed by atoms with van der Waals surface area (Å²) in [6.07, 6.45) is 0.0929. The maximum absolute atomic E-state index is 12.1. The van der Waals surface area contributed by atoms with Crippen LogP contribution < -0.4 is 15.4 Å². The van der Waals surface area contributed by atoms with Gasteiger partial charge in [0.05, 0.1) is 36.9 Å². The van der Waals surface area contributed by atoms with Gasteiger partial charge in [-0.15, -0.1) is 11.3 Å². The number of thiazole rings is 1. The molecule has 0 aliphatic rings. The van der Waals surface area contributed by atoms with E-state index in [-0.39, 0.29) is 37.9 Å². The highest BCUT2D eigenvalue weighted by atomic mass is 32.1. The van der Waals surface area contributed by atoms with Crippen molar-refractivity contribution >= 4 is 33.4 Å². The Balaban J connectivity index is 1.73. The van der Waals surface area contributed by atoms with Crippen molar-refractivity contribution in [1.29, 1.82) is 0 Å². The number of fused-ring (bicyclic) bond motifs is 1. The number of carbonyl (C=O) groups excluding carboxylic acids is 2. The lowest BCUT2D eigenvalue weighted by molar-refractivity contribution is -0.125. The van der Waals surface area contributed by atoms with Gasteiger partial charge < -0.3 is 20.5 Å². The third kappa shape index (κ3) is 4.85. The molecule has 0 aliphatic carbocycles. The fourth-order valence-electron chi connectivity index (χ4n) is 2.73. The Morgan fingerprint density at radius 2 is 1.93 bits per heavy atom. The van der Waals surface area contributed by atoms with E-state index in [9.17, 15) is 9.59 Å². The van der Waals surface area contributed by atoms with E-state index in [1.807, 2.05) is 42.5 Å². The van der Waals surface area contributed by atoms with Crippen molar-refractivity contribution in [1.82, 2.24) is 15.6 Å². The minimum Gasteiger partial charge on any atom is -0.496 e. The summed E-state index contributed by atoms with van der Waals surface area (Å²) in [6.45, 7) is -0.103. The first kappa shape index (κ1) is 19.8. The molecule has 0 bridgehead atoms. The molecule has 0 radical (unpaired) electrons. The number of hydrogen-bond donors (Lipinski definition) is 3. The Labute approximate surface area is 166 Å². The first-order valence-electron chi connectivity index (χ1n) is 8.78. The summed E-state index contributed by atoms with van der Waals surface area (Å²) in [6, 6.07) is 13.8. The molecule has 28 heavy (non-hydrogen) atoms. The zero-order valence-electron chi connectivity index (χ0n) is 15.4. The number of ether oxygens (including phenoxy) is 1. The van der Waals surface area contributed by atoms with Gasteiger partial charge in [0.15, 0.2) is 0 Å². The van der Waals surface area contributed by atoms with Crippen molar-refractivity contribution in [2.75, 3.05) is 26.8 Å². The van der Waals surface area contributed by atoms with Gasteiger partial charge in [-0.3, -0.25) is 9.59 Å². The van der Waals surface area contributed by atoms with Crippen LogP contribution in [0.1, 0.15) is 5.01 Å². The molecule has 1 aromatic heterocycles. The number of amides is 2. The molecule has 0 unspecified atom stereocenters. The second-order valence-corrected chi connectivity index (χ2v) is 7.14. The number of benzene rings is 2. The monoisotopic (exact) mass is 399 g/mol. The molecule has 0 fully saturated rings. The van der Waals surface area contributed by atoms with Crippen LogP contribution in [0.5, 0.6) is 5.75 Å². The van der Waals surface area contributed by atoms with Gasteiger partial charge in [0, 0.05) is 18.2 Å². The second kappa shape index (κ2) is 9.29. The molecule has 8 heteroatoms. The molecule has 146 valence electrons. The largest absolute Gasteiger partial charge is 0.496 e. The molecular weight excluding hydrogens is 378 g/mol. The van der Waals surface area contributed by atoms with Crippen molar-refractivity contribution in [2.45, 2.75) is 6.42 Å². The topological polar surface area (TPSA) is 101 Å². The molecule has 3 rings (SSSR count). The van der Waals surface area contributed by atoms with Crippen LogP contribution >= 0.6 is 11.3 Å². The van der Waals surface area contributed by atoms with E-state index in [1.165, 1.54) is 11.3 Å². The van der Waals surface area contributed by atoms with E-state index < -0.39 is 0 Å². The molecule has 0 spiro atoms. The Morgan fingerprint density at radius 1 is 1.14 bits per heavy atom. The summed E-state index contributed by atoms with van der Waals surface area (Å²) in [5.74, 6) is 0.0953. The lowest BCUT2D eigenvalue weighted by Gasteiger charge is -2.08. The van der Waals surface area contributed by atoms with E-state index in [2.05, 4.69) is 15.6 Å². The molecular formula is C20H21N3O4S. The van der Waals surface area contributed by atoms with Gasteiger partial charge >= 0.3 is 0 Å². The summed E-state index contributed by atoms with van der Waals surface area (Å²) in [5, 5.41) is 14.4. The zero-order chi connectivity index (χ0) is 19.9. The molecule has 0 saturated heterocycles. The molecule has 3 N–H and O–H groups in total. The SMILES string of the molecule is COc1cc2nc(CC(=O)NCC(=O)NCCO)sc2cc1-c1ccccc1. The number of nitrogens with one attached hydrogen (secondary N) is 2. The van der Waals surface area contributed by atoms with Crippen LogP contribution in [0.15, 0.2) is 42.5 Å². The number of aliphatic hydroxyl groups excluding tert-OH is 1. The summed E-state index contributed by atoms with van der Waals surface area (Å²) in [7, 11) is 1.62. The highest BCUT2D eigenvalue weighted by Gasteiger charge is 2.14. The maximum Gasteiger partial charge on any atom is 0.239 e. The number of nitrogens with zero attached hydrogens (tertiary/aromatic N) is 1. The second-order valence-electron chi connectivity index (χ2n) is 6.02. The molecule has 3 aromatic rings. The van der Waals surface area contributed by atoms with Crippen molar-refractivity contribution in [3.8, 4) is 16.9 Å². The minimum atomic E-state index is -0.344. The standard InChI is InChI=1S/C20H21N3O4S/c1-27-16-10-15-17(9-14(16)13-5-3-2-4-6-13)28-20(23-15)11-18(25)22-12-19(26)21-7-8-24/h2-6,9-10,24H,7-8,11-12H2,1H3,(H,21,26)(H,22,25). The lowest BCUT2D eigenvalue weighted by atomic mass is 10.0. The smallest absolute Gasteiger partial charge is 0.239 e. The first-order valence-corrected chi connectivity index (χ1v) is 9.59.